The van der Waals surface area contributed by atoms with Crippen molar-refractivity contribution in [3.05, 3.63) is 200 Å². The van der Waals surface area contributed by atoms with Crippen LogP contribution in [0.4, 0.5) is 0 Å². The molecule has 0 N–H and O–H groups in total. The summed E-state index contributed by atoms with van der Waals surface area (Å²) in [6, 6.07) is 22.3. The number of rotatable bonds is 6. The predicted octanol–water partition coefficient (Wildman–Crippen LogP) is 12.7. The third-order valence-corrected chi connectivity index (χ3v) is 9.74. The van der Waals surface area contributed by atoms with Gasteiger partial charge in [-0.2, -0.15) is 15.0 Å². The fraction of sp³-hybridized carbons (Fsp3) is 0. The van der Waals surface area contributed by atoms with E-state index in [0.29, 0.717) is 16.7 Å². The third-order valence-electron chi connectivity index (χ3n) is 9.74. The van der Waals surface area contributed by atoms with Gasteiger partial charge in [-0.15, -0.1) is 0 Å². The Kier molecular flexibility index (Phi) is 4.57. The summed E-state index contributed by atoms with van der Waals surface area (Å²) in [5.74, 6) is -1.08. The molecule has 0 saturated heterocycles. The Bertz CT molecular complexity index is 3840. The predicted molar refractivity (Wildman–Crippen MR) is 230 cm³/mol. The summed E-state index contributed by atoms with van der Waals surface area (Å²) in [6.07, 6.45) is 0. The number of hydrogen-bond donors (Lipinski definition) is 0. The van der Waals surface area contributed by atoms with Gasteiger partial charge in [-0.25, -0.2) is 0 Å². The van der Waals surface area contributed by atoms with Crippen molar-refractivity contribution in [1.82, 2.24) is 24.1 Å². The molecule has 0 fully saturated rings. The second-order valence-electron chi connectivity index (χ2n) is 12.9. The summed E-state index contributed by atoms with van der Waals surface area (Å²) < 4.78 is 145. The first kappa shape index (κ1) is 19.6. The van der Waals surface area contributed by atoms with Crippen LogP contribution >= 0.6 is 0 Å². The van der Waals surface area contributed by atoms with Gasteiger partial charge in [-0.05, 0) is 63.6 Å². The minimum atomic E-state index is -0.698. The zero-order valence-corrected chi connectivity index (χ0v) is 29.1. The monoisotopic (exact) mass is 731 g/mol. The molecule has 8 aromatic carbocycles. The lowest BCUT2D eigenvalue weighted by Crippen LogP contribution is -2.10. The Hall–Kier alpha value is -7.63. The van der Waals surface area contributed by atoms with Crippen LogP contribution in [0.1, 0.15) is 21.9 Å². The largest absolute Gasteiger partial charge is 0.278 e. The van der Waals surface area contributed by atoms with E-state index >= 15 is 0 Å². The highest BCUT2D eigenvalue weighted by atomic mass is 15.3. The summed E-state index contributed by atoms with van der Waals surface area (Å²) in [5.41, 5.74) is 4.19. The first-order valence-corrected chi connectivity index (χ1v) is 17.6. The maximum absolute atomic E-state index is 9.23. The highest BCUT2D eigenvalue weighted by molar-refractivity contribution is 6.10. The Balaban J connectivity index is 1.27. The van der Waals surface area contributed by atoms with E-state index in [4.69, 9.17) is 31.4 Å². The number of hydrogen-bond acceptors (Lipinski definition) is 3. The van der Waals surface area contributed by atoms with Crippen LogP contribution in [0.5, 0.6) is 0 Å². The molecule has 0 saturated carbocycles. The quantitative estimate of drug-likeness (QED) is 0.171. The molecule has 262 valence electrons. The second kappa shape index (κ2) is 13.0. The number of benzene rings is 8. The van der Waals surface area contributed by atoms with Gasteiger partial charge in [0.05, 0.1) is 44.0 Å². The fourth-order valence-electron chi connectivity index (χ4n) is 7.20. The fourth-order valence-corrected chi connectivity index (χ4v) is 7.20. The number of para-hydroxylation sites is 4. The molecular formula is C51H33N5. The first-order chi connectivity index (χ1) is 34.4. The summed E-state index contributed by atoms with van der Waals surface area (Å²) in [4.78, 5) is 14.7. The van der Waals surface area contributed by atoms with E-state index in [1.165, 1.54) is 0 Å². The minimum absolute atomic E-state index is 0.142. The molecule has 0 spiro atoms. The molecule has 3 heterocycles. The van der Waals surface area contributed by atoms with Crippen LogP contribution in [0.25, 0.3) is 100 Å². The van der Waals surface area contributed by atoms with Gasteiger partial charge in [0, 0.05) is 27.1 Å². The van der Waals surface area contributed by atoms with E-state index in [1.807, 2.05) is 84.9 Å². The zero-order valence-electron chi connectivity index (χ0n) is 45.1. The van der Waals surface area contributed by atoms with Crippen molar-refractivity contribution in [2.75, 3.05) is 0 Å². The minimum Gasteiger partial charge on any atom is -0.278 e. The van der Waals surface area contributed by atoms with Crippen molar-refractivity contribution in [2.45, 2.75) is 0 Å². The van der Waals surface area contributed by atoms with Crippen LogP contribution in [0.2, 0.25) is 0 Å². The van der Waals surface area contributed by atoms with Gasteiger partial charge in [0.15, 0.2) is 5.82 Å². The highest BCUT2D eigenvalue weighted by Gasteiger charge is 2.21. The SMILES string of the molecule is [2H]c1c([2H])c([2H])c2c(c1[2H])c1c([2H])c([2H])c([2H])c([2H])c1n2-c1nc(-c2ccccc2-c2cccc(-c3ccc(-c4ccccc4)cc3)c2)nc(-n2c3c([2H])c([2H])c([2H])c([2H])c3c3c([2H])c([2H])c([2H])c([2H])c32)n1. The molecule has 5 nitrogen and oxygen atoms in total. The van der Waals surface area contributed by atoms with Gasteiger partial charge in [0.2, 0.25) is 11.9 Å². The summed E-state index contributed by atoms with van der Waals surface area (Å²) in [6.45, 7) is 0. The molecule has 0 amide bonds. The van der Waals surface area contributed by atoms with E-state index < -0.39 is 109 Å². The average molecular weight is 732 g/mol. The molecule has 0 aliphatic rings. The number of aromatic nitrogens is 5. The second-order valence-corrected chi connectivity index (χ2v) is 12.9. The van der Waals surface area contributed by atoms with Gasteiger partial charge in [-0.3, -0.25) is 9.13 Å². The van der Waals surface area contributed by atoms with E-state index in [9.17, 15) is 5.48 Å². The third kappa shape index (κ3) is 5.21. The Labute approximate surface area is 345 Å². The molecule has 0 unspecified atom stereocenters. The molecule has 0 atom stereocenters. The van der Waals surface area contributed by atoms with Gasteiger partial charge < -0.3 is 0 Å². The summed E-state index contributed by atoms with van der Waals surface area (Å²) >= 11 is 0. The molecule has 0 radical (unpaired) electrons. The van der Waals surface area contributed by atoms with Crippen LogP contribution in [-0.2, 0) is 0 Å². The molecule has 0 aliphatic carbocycles. The normalized spacial score (nSPS) is 15.6. The van der Waals surface area contributed by atoms with Crippen molar-refractivity contribution >= 4 is 43.6 Å². The highest BCUT2D eigenvalue weighted by Crippen LogP contribution is 2.37. The molecule has 3 aromatic heterocycles. The van der Waals surface area contributed by atoms with E-state index in [-0.39, 0.29) is 49.4 Å². The zero-order chi connectivity index (χ0) is 50.9. The van der Waals surface area contributed by atoms with Crippen LogP contribution < -0.4 is 0 Å². The summed E-state index contributed by atoms with van der Waals surface area (Å²) in [7, 11) is 0. The van der Waals surface area contributed by atoms with Crippen LogP contribution in [0.15, 0.2) is 200 Å². The number of fused-ring (bicyclic) bond motifs is 6. The van der Waals surface area contributed by atoms with Gasteiger partial charge in [0.1, 0.15) is 0 Å². The van der Waals surface area contributed by atoms with E-state index in [1.54, 1.807) is 18.2 Å². The van der Waals surface area contributed by atoms with Crippen LogP contribution in [-0.4, -0.2) is 24.1 Å². The standard InChI is InChI=1S/C51H33N5/c1-2-15-34(16-3-1)35-29-31-36(32-30-35)37-17-14-18-38(33-37)39-19-4-5-24-44(39)49-52-50(55-45-25-10-6-20-40(45)41-21-7-11-26-46(41)55)54-51(53-49)56-47-27-12-8-22-42(47)43-23-9-13-28-48(43)56/h1-33H/i6D,7D,8D,9D,10D,11D,12D,13D,20D,21D,22D,23D,25D,26D,27D,28D. The van der Waals surface area contributed by atoms with Gasteiger partial charge in [0.25, 0.3) is 0 Å². The van der Waals surface area contributed by atoms with E-state index in [0.717, 1.165) is 31.4 Å². The van der Waals surface area contributed by atoms with Crippen molar-refractivity contribution in [3.8, 4) is 56.7 Å². The topological polar surface area (TPSA) is 48.5 Å². The number of nitrogens with zero attached hydrogens (tertiary/aromatic N) is 5. The van der Waals surface area contributed by atoms with Crippen molar-refractivity contribution in [2.24, 2.45) is 0 Å². The smallest absolute Gasteiger partial charge is 0.240 e. The van der Waals surface area contributed by atoms with E-state index in [2.05, 4.69) is 0 Å². The van der Waals surface area contributed by atoms with Crippen LogP contribution in [0.3, 0.4) is 0 Å². The average Bonchev–Trinajstić information content (AvgIpc) is 3.97. The summed E-state index contributed by atoms with van der Waals surface area (Å²) in [5, 5.41) is -1.05. The molecule has 0 aliphatic heterocycles. The molecule has 5 heteroatoms. The van der Waals surface area contributed by atoms with Crippen molar-refractivity contribution in [1.29, 1.82) is 0 Å². The molecule has 11 rings (SSSR count). The maximum Gasteiger partial charge on any atom is 0.240 e. The Morgan fingerprint density at radius 2 is 0.732 bits per heavy atom. The van der Waals surface area contributed by atoms with Gasteiger partial charge in [-0.1, -0.05) is 170 Å². The molecule has 0 bridgehead atoms. The Morgan fingerprint density at radius 3 is 1.25 bits per heavy atom. The molecule has 11 aromatic rings. The maximum atomic E-state index is 9.23. The van der Waals surface area contributed by atoms with Crippen LogP contribution in [0, 0.1) is 0 Å². The molecular weight excluding hydrogens is 683 g/mol. The Morgan fingerprint density at radius 1 is 0.339 bits per heavy atom. The lowest BCUT2D eigenvalue weighted by Gasteiger charge is -2.15. The lowest BCUT2D eigenvalue weighted by molar-refractivity contribution is 0.893. The van der Waals surface area contributed by atoms with Crippen molar-refractivity contribution in [3.63, 3.8) is 0 Å². The first-order valence-electron chi connectivity index (χ1n) is 25.6. The lowest BCUT2D eigenvalue weighted by atomic mass is 9.95. The van der Waals surface area contributed by atoms with Crippen molar-refractivity contribution < 1.29 is 21.9 Å². The van der Waals surface area contributed by atoms with Gasteiger partial charge >= 0.3 is 0 Å². The molecule has 56 heavy (non-hydrogen) atoms.